The average Bonchev–Trinajstić information content (AvgIpc) is 2.73. The van der Waals surface area contributed by atoms with E-state index in [2.05, 4.69) is 10.5 Å². The standard InChI is InChI=1S/C22H19ClN2O3/c1-24-22(26)21(25-27-2)19-8-3-4-9-20(19)28-18-7-5-6-16(14-18)15-10-12-17(23)13-11-15/h3-14H,1-2H3,(H,24,26). The van der Waals surface area contributed by atoms with Gasteiger partial charge in [0.15, 0.2) is 5.71 Å². The van der Waals surface area contributed by atoms with Crippen LogP contribution in [-0.2, 0) is 9.63 Å². The number of ether oxygens (including phenoxy) is 1. The number of amides is 1. The number of nitrogens with one attached hydrogen (secondary N) is 1. The number of benzene rings is 3. The molecule has 1 amide bonds. The summed E-state index contributed by atoms with van der Waals surface area (Å²) in [5.74, 6) is 0.761. The van der Waals surface area contributed by atoms with Gasteiger partial charge in [-0.1, -0.05) is 53.2 Å². The molecule has 0 aliphatic rings. The van der Waals surface area contributed by atoms with Crippen molar-refractivity contribution >= 4 is 23.2 Å². The van der Waals surface area contributed by atoms with Crippen molar-refractivity contribution in [3.8, 4) is 22.6 Å². The SMILES string of the molecule is CNC(=O)C(=NOC)c1ccccc1Oc1cccc(-c2ccc(Cl)cc2)c1. The molecule has 0 spiro atoms. The van der Waals surface area contributed by atoms with Crippen LogP contribution in [0.15, 0.2) is 78.0 Å². The lowest BCUT2D eigenvalue weighted by Gasteiger charge is -2.13. The fourth-order valence-corrected chi connectivity index (χ4v) is 2.81. The minimum absolute atomic E-state index is 0.134. The summed E-state index contributed by atoms with van der Waals surface area (Å²) >= 11 is 5.97. The summed E-state index contributed by atoms with van der Waals surface area (Å²) in [5.41, 5.74) is 2.67. The number of hydrogen-bond acceptors (Lipinski definition) is 4. The van der Waals surface area contributed by atoms with Crippen molar-refractivity contribution in [2.24, 2.45) is 5.16 Å². The van der Waals surface area contributed by atoms with Crippen LogP contribution in [0.5, 0.6) is 11.5 Å². The maximum Gasteiger partial charge on any atom is 0.273 e. The van der Waals surface area contributed by atoms with E-state index in [0.29, 0.717) is 22.1 Å². The van der Waals surface area contributed by atoms with E-state index in [1.165, 1.54) is 14.2 Å². The van der Waals surface area contributed by atoms with E-state index in [1.807, 2.05) is 54.6 Å². The zero-order chi connectivity index (χ0) is 19.9. The molecule has 0 aliphatic carbocycles. The van der Waals surface area contributed by atoms with Gasteiger partial charge in [0, 0.05) is 12.1 Å². The second-order valence-electron chi connectivity index (χ2n) is 5.83. The fourth-order valence-electron chi connectivity index (χ4n) is 2.68. The van der Waals surface area contributed by atoms with E-state index in [4.69, 9.17) is 21.2 Å². The molecule has 0 aliphatic heterocycles. The summed E-state index contributed by atoms with van der Waals surface area (Å²) in [6.07, 6.45) is 0. The molecule has 0 atom stereocenters. The molecular formula is C22H19ClN2O3. The Morgan fingerprint density at radius 1 is 0.964 bits per heavy atom. The molecule has 3 rings (SSSR count). The van der Waals surface area contributed by atoms with Crippen LogP contribution < -0.4 is 10.1 Å². The molecule has 0 fully saturated rings. The van der Waals surface area contributed by atoms with Crippen molar-refractivity contribution in [1.29, 1.82) is 0 Å². The van der Waals surface area contributed by atoms with Gasteiger partial charge in [0.1, 0.15) is 18.6 Å². The quantitative estimate of drug-likeness (QED) is 0.478. The largest absolute Gasteiger partial charge is 0.457 e. The molecule has 0 heterocycles. The molecule has 3 aromatic carbocycles. The number of likely N-dealkylation sites (N-methyl/N-ethyl adjacent to an activating group) is 1. The van der Waals surface area contributed by atoms with Crippen LogP contribution in [0.25, 0.3) is 11.1 Å². The highest BCUT2D eigenvalue weighted by Crippen LogP contribution is 2.30. The normalized spacial score (nSPS) is 11.0. The van der Waals surface area contributed by atoms with Crippen LogP contribution in [0.1, 0.15) is 5.56 Å². The first-order chi connectivity index (χ1) is 13.6. The second kappa shape index (κ2) is 9.06. The molecule has 0 saturated carbocycles. The first-order valence-corrected chi connectivity index (χ1v) is 8.96. The van der Waals surface area contributed by atoms with Crippen molar-refractivity contribution in [3.05, 3.63) is 83.4 Å². The number of carbonyl (C=O) groups excluding carboxylic acids is 1. The van der Waals surface area contributed by atoms with Crippen LogP contribution in [0.2, 0.25) is 5.02 Å². The van der Waals surface area contributed by atoms with E-state index < -0.39 is 0 Å². The third kappa shape index (κ3) is 4.50. The zero-order valence-corrected chi connectivity index (χ0v) is 16.2. The predicted molar refractivity (Wildman–Crippen MR) is 111 cm³/mol. The van der Waals surface area contributed by atoms with Crippen molar-refractivity contribution in [3.63, 3.8) is 0 Å². The van der Waals surface area contributed by atoms with Crippen molar-refractivity contribution < 1.29 is 14.4 Å². The molecule has 3 aromatic rings. The van der Waals surface area contributed by atoms with Gasteiger partial charge >= 0.3 is 0 Å². The second-order valence-corrected chi connectivity index (χ2v) is 6.27. The average molecular weight is 395 g/mol. The zero-order valence-electron chi connectivity index (χ0n) is 15.5. The van der Waals surface area contributed by atoms with Gasteiger partial charge in [0.2, 0.25) is 0 Å². The smallest absolute Gasteiger partial charge is 0.273 e. The van der Waals surface area contributed by atoms with Crippen molar-refractivity contribution in [2.75, 3.05) is 14.2 Å². The Kier molecular flexibility index (Phi) is 6.29. The van der Waals surface area contributed by atoms with Crippen LogP contribution in [0.3, 0.4) is 0 Å². The Balaban J connectivity index is 1.95. The number of para-hydroxylation sites is 1. The molecule has 142 valence electrons. The summed E-state index contributed by atoms with van der Waals surface area (Å²) in [4.78, 5) is 17.0. The van der Waals surface area contributed by atoms with E-state index in [0.717, 1.165) is 11.1 Å². The molecule has 1 N–H and O–H groups in total. The summed E-state index contributed by atoms with van der Waals surface area (Å²) in [7, 11) is 2.93. The number of hydrogen-bond donors (Lipinski definition) is 1. The Morgan fingerprint density at radius 2 is 1.71 bits per heavy atom. The highest BCUT2D eigenvalue weighted by Gasteiger charge is 2.18. The lowest BCUT2D eigenvalue weighted by Crippen LogP contribution is -2.28. The van der Waals surface area contributed by atoms with Crippen LogP contribution in [0, 0.1) is 0 Å². The van der Waals surface area contributed by atoms with E-state index in [9.17, 15) is 4.79 Å². The van der Waals surface area contributed by atoms with Crippen LogP contribution >= 0.6 is 11.6 Å². The topological polar surface area (TPSA) is 59.9 Å². The van der Waals surface area contributed by atoms with E-state index >= 15 is 0 Å². The van der Waals surface area contributed by atoms with Gasteiger partial charge in [-0.25, -0.2) is 0 Å². The van der Waals surface area contributed by atoms with Gasteiger partial charge in [-0.2, -0.15) is 0 Å². The number of oxime groups is 1. The number of rotatable bonds is 6. The predicted octanol–water partition coefficient (Wildman–Crippen LogP) is 4.90. The van der Waals surface area contributed by atoms with Crippen LogP contribution in [-0.4, -0.2) is 25.8 Å². The number of halogens is 1. The third-order valence-corrected chi connectivity index (χ3v) is 4.26. The lowest BCUT2D eigenvalue weighted by atomic mass is 10.1. The Morgan fingerprint density at radius 3 is 2.43 bits per heavy atom. The van der Waals surface area contributed by atoms with Gasteiger partial charge in [-0.05, 0) is 47.5 Å². The summed E-state index contributed by atoms with van der Waals surface area (Å²) < 4.78 is 6.07. The lowest BCUT2D eigenvalue weighted by molar-refractivity contribution is -0.114. The maximum absolute atomic E-state index is 12.2. The van der Waals surface area contributed by atoms with Gasteiger partial charge in [0.05, 0.1) is 5.56 Å². The molecule has 0 bridgehead atoms. The molecule has 28 heavy (non-hydrogen) atoms. The van der Waals surface area contributed by atoms with Gasteiger partial charge in [-0.15, -0.1) is 0 Å². The monoisotopic (exact) mass is 394 g/mol. The molecule has 6 heteroatoms. The molecular weight excluding hydrogens is 376 g/mol. The molecule has 5 nitrogen and oxygen atoms in total. The first-order valence-electron chi connectivity index (χ1n) is 8.59. The van der Waals surface area contributed by atoms with Gasteiger partial charge in [0.25, 0.3) is 5.91 Å². The summed E-state index contributed by atoms with van der Waals surface area (Å²) in [6, 6.07) is 22.4. The Labute approximate surface area is 168 Å². The first kappa shape index (κ1) is 19.5. The maximum atomic E-state index is 12.2. The highest BCUT2D eigenvalue weighted by molar-refractivity contribution is 6.45. The van der Waals surface area contributed by atoms with Crippen molar-refractivity contribution in [1.82, 2.24) is 5.32 Å². The molecule has 0 aromatic heterocycles. The molecule has 0 saturated heterocycles. The highest BCUT2D eigenvalue weighted by atomic mass is 35.5. The van der Waals surface area contributed by atoms with Crippen molar-refractivity contribution in [2.45, 2.75) is 0 Å². The Bertz CT molecular complexity index is 1000. The Hall–Kier alpha value is -3.31. The van der Waals surface area contributed by atoms with E-state index in [-0.39, 0.29) is 11.6 Å². The number of carbonyl (C=O) groups is 1. The molecule has 0 unspecified atom stereocenters. The minimum atomic E-state index is -0.368. The van der Waals surface area contributed by atoms with E-state index in [1.54, 1.807) is 18.2 Å². The molecule has 0 radical (unpaired) electrons. The fraction of sp³-hybridized carbons (Fsp3) is 0.0909. The van der Waals surface area contributed by atoms with Crippen LogP contribution in [0.4, 0.5) is 0 Å². The third-order valence-electron chi connectivity index (χ3n) is 4.01. The number of nitrogens with zero attached hydrogens (tertiary/aromatic N) is 1. The summed E-state index contributed by atoms with van der Waals surface area (Å²) in [6.45, 7) is 0. The minimum Gasteiger partial charge on any atom is -0.457 e. The summed E-state index contributed by atoms with van der Waals surface area (Å²) in [5, 5.41) is 7.10. The van der Waals surface area contributed by atoms with Gasteiger partial charge in [-0.3, -0.25) is 4.79 Å². The van der Waals surface area contributed by atoms with Gasteiger partial charge < -0.3 is 14.9 Å².